The van der Waals surface area contributed by atoms with Crippen LogP contribution in [0.4, 0.5) is 17.5 Å². The first-order chi connectivity index (χ1) is 15.0. The molecule has 1 unspecified atom stereocenters. The predicted molar refractivity (Wildman–Crippen MR) is 118 cm³/mol. The molecule has 0 radical (unpaired) electrons. The lowest BCUT2D eigenvalue weighted by Gasteiger charge is -2.40. The molecule has 1 spiro atoms. The van der Waals surface area contributed by atoms with Crippen LogP contribution in [0.15, 0.2) is 31.2 Å². The van der Waals surface area contributed by atoms with Crippen molar-refractivity contribution in [2.75, 3.05) is 43.0 Å². The van der Waals surface area contributed by atoms with Crippen molar-refractivity contribution >= 4 is 46.0 Å². The van der Waals surface area contributed by atoms with Gasteiger partial charge in [-0.15, -0.1) is 0 Å². The zero-order valence-corrected chi connectivity index (χ0v) is 17.9. The van der Waals surface area contributed by atoms with Crippen LogP contribution in [-0.2, 0) is 16.6 Å². The first-order valence-electron chi connectivity index (χ1n) is 10.1. The molecule has 31 heavy (non-hydrogen) atoms. The van der Waals surface area contributed by atoms with Gasteiger partial charge in [0.05, 0.1) is 42.0 Å². The van der Waals surface area contributed by atoms with Crippen molar-refractivity contribution in [1.29, 1.82) is 0 Å². The summed E-state index contributed by atoms with van der Waals surface area (Å²) < 4.78 is 7.88. The highest BCUT2D eigenvalue weighted by atomic mass is 35.5. The minimum absolute atomic E-state index is 0.0674. The molecular formula is C20H23ClN8O2. The Kier molecular flexibility index (Phi) is 4.82. The summed E-state index contributed by atoms with van der Waals surface area (Å²) in [6.07, 6.45) is 7.41. The number of nitrogens with one attached hydrogen (secondary N) is 2. The third-order valence-corrected chi connectivity index (χ3v) is 6.07. The third kappa shape index (κ3) is 3.61. The molecule has 2 aliphatic heterocycles. The Bertz CT molecular complexity index is 1160. The molecule has 3 aromatic heterocycles. The second-order valence-electron chi connectivity index (χ2n) is 7.93. The van der Waals surface area contributed by atoms with Crippen molar-refractivity contribution in [2.45, 2.75) is 12.0 Å². The molecule has 10 nitrogen and oxygen atoms in total. The number of aromatic amines is 1. The number of rotatable bonds is 4. The highest BCUT2D eigenvalue weighted by molar-refractivity contribution is 6.36. The Balaban J connectivity index is 1.46. The lowest BCUT2D eigenvalue weighted by atomic mass is 10.0. The number of hydrogen-bond acceptors (Lipinski definition) is 7. The van der Waals surface area contributed by atoms with Crippen molar-refractivity contribution in [3.8, 4) is 0 Å². The van der Waals surface area contributed by atoms with Gasteiger partial charge < -0.3 is 24.8 Å². The van der Waals surface area contributed by atoms with Crippen LogP contribution in [0.25, 0.3) is 11.0 Å². The molecule has 2 saturated heterocycles. The molecule has 0 aromatic carbocycles. The molecule has 0 saturated carbocycles. The Labute approximate surface area is 183 Å². The van der Waals surface area contributed by atoms with Gasteiger partial charge in [0.15, 0.2) is 0 Å². The summed E-state index contributed by atoms with van der Waals surface area (Å²) in [5.74, 6) is 1.11. The normalized spacial score (nSPS) is 21.2. The maximum Gasteiger partial charge on any atom is 0.246 e. The van der Waals surface area contributed by atoms with Crippen LogP contribution in [0.5, 0.6) is 0 Å². The number of anilines is 3. The van der Waals surface area contributed by atoms with Gasteiger partial charge in [-0.05, 0) is 12.5 Å². The molecular weight excluding hydrogens is 420 g/mol. The average molecular weight is 443 g/mol. The smallest absolute Gasteiger partial charge is 0.246 e. The maximum atomic E-state index is 12.1. The number of morpholine rings is 1. The number of nitrogens with zero attached hydrogens (tertiary/aromatic N) is 6. The molecule has 5 heterocycles. The van der Waals surface area contributed by atoms with E-state index >= 15 is 0 Å². The van der Waals surface area contributed by atoms with E-state index in [4.69, 9.17) is 21.3 Å². The SMILES string of the molecule is C=CC(=O)N1CCOC2(CCN(c3nc(Nc4cnn(C)c4)nc4[nH]cc(Cl)c34)C2)C1. The topological polar surface area (TPSA) is 104 Å². The number of halogens is 1. The monoisotopic (exact) mass is 442 g/mol. The van der Waals surface area contributed by atoms with Gasteiger partial charge in [-0.1, -0.05) is 18.2 Å². The maximum absolute atomic E-state index is 12.1. The molecule has 11 heteroatoms. The fourth-order valence-corrected chi connectivity index (χ4v) is 4.54. The zero-order chi connectivity index (χ0) is 21.6. The number of H-pyrrole nitrogens is 1. The zero-order valence-electron chi connectivity index (χ0n) is 17.1. The molecule has 162 valence electrons. The standard InChI is InChI=1S/C20H23ClN8O2/c1-3-15(30)28-6-7-31-20(11-28)4-5-29(12-20)18-16-14(21)9-22-17(16)25-19(26-18)24-13-8-23-27(2)10-13/h3,8-10H,1,4-7,11-12H2,2H3,(H2,22,24,25,26). The van der Waals surface area contributed by atoms with E-state index in [0.29, 0.717) is 42.9 Å². The van der Waals surface area contributed by atoms with E-state index < -0.39 is 5.60 Å². The second kappa shape index (κ2) is 7.54. The summed E-state index contributed by atoms with van der Waals surface area (Å²) >= 11 is 6.47. The molecule has 0 bridgehead atoms. The lowest BCUT2D eigenvalue weighted by molar-refractivity contribution is -0.142. The predicted octanol–water partition coefficient (Wildman–Crippen LogP) is 2.08. The number of fused-ring (bicyclic) bond motifs is 1. The van der Waals surface area contributed by atoms with Crippen LogP contribution < -0.4 is 10.2 Å². The van der Waals surface area contributed by atoms with Crippen LogP contribution in [0.3, 0.4) is 0 Å². The van der Waals surface area contributed by atoms with Gasteiger partial charge in [0.1, 0.15) is 17.1 Å². The van der Waals surface area contributed by atoms with E-state index in [0.717, 1.165) is 29.9 Å². The molecule has 2 aliphatic rings. The lowest BCUT2D eigenvalue weighted by Crippen LogP contribution is -2.54. The van der Waals surface area contributed by atoms with Crippen LogP contribution in [-0.4, -0.2) is 73.9 Å². The second-order valence-corrected chi connectivity index (χ2v) is 8.33. The fourth-order valence-electron chi connectivity index (χ4n) is 4.31. The van der Waals surface area contributed by atoms with Gasteiger partial charge in [0, 0.05) is 32.5 Å². The number of aromatic nitrogens is 5. The van der Waals surface area contributed by atoms with Crippen molar-refractivity contribution in [2.24, 2.45) is 7.05 Å². The number of carbonyl (C=O) groups is 1. The highest BCUT2D eigenvalue weighted by Crippen LogP contribution is 2.37. The Morgan fingerprint density at radius 1 is 1.39 bits per heavy atom. The summed E-state index contributed by atoms with van der Waals surface area (Å²) in [4.78, 5) is 28.6. The Hall–Kier alpha value is -3.11. The molecule has 1 atom stereocenters. The van der Waals surface area contributed by atoms with Crippen LogP contribution in [0, 0.1) is 0 Å². The summed E-state index contributed by atoms with van der Waals surface area (Å²) in [7, 11) is 1.85. The Morgan fingerprint density at radius 2 is 2.26 bits per heavy atom. The number of carbonyl (C=O) groups excluding carboxylic acids is 1. The van der Waals surface area contributed by atoms with Crippen LogP contribution >= 0.6 is 11.6 Å². The number of ether oxygens (including phenoxy) is 1. The summed E-state index contributed by atoms with van der Waals surface area (Å²) in [6, 6.07) is 0. The summed E-state index contributed by atoms with van der Waals surface area (Å²) in [6.45, 7) is 6.56. The van der Waals surface area contributed by atoms with Crippen molar-refractivity contribution < 1.29 is 9.53 Å². The first kappa shape index (κ1) is 19.8. The van der Waals surface area contributed by atoms with Gasteiger partial charge in [-0.25, -0.2) is 0 Å². The third-order valence-electron chi connectivity index (χ3n) is 5.78. The molecule has 5 rings (SSSR count). The van der Waals surface area contributed by atoms with E-state index in [-0.39, 0.29) is 5.91 Å². The van der Waals surface area contributed by atoms with E-state index in [1.54, 1.807) is 22.0 Å². The number of aryl methyl sites for hydroxylation is 1. The quantitative estimate of drug-likeness (QED) is 0.596. The van der Waals surface area contributed by atoms with Gasteiger partial charge in [-0.3, -0.25) is 9.48 Å². The van der Waals surface area contributed by atoms with Gasteiger partial charge in [0.25, 0.3) is 0 Å². The number of hydrogen-bond donors (Lipinski definition) is 2. The average Bonchev–Trinajstić information content (AvgIpc) is 3.47. The van der Waals surface area contributed by atoms with Gasteiger partial charge >= 0.3 is 0 Å². The highest BCUT2D eigenvalue weighted by Gasteiger charge is 2.44. The van der Waals surface area contributed by atoms with Gasteiger partial charge in [-0.2, -0.15) is 15.1 Å². The van der Waals surface area contributed by atoms with Crippen molar-refractivity contribution in [3.05, 3.63) is 36.3 Å². The molecule has 2 N–H and O–H groups in total. The Morgan fingerprint density at radius 3 is 3.03 bits per heavy atom. The number of amides is 1. The fraction of sp³-hybridized carbons (Fsp3) is 0.400. The van der Waals surface area contributed by atoms with Crippen molar-refractivity contribution in [1.82, 2.24) is 29.6 Å². The molecule has 3 aromatic rings. The van der Waals surface area contributed by atoms with Gasteiger partial charge in [0.2, 0.25) is 11.9 Å². The first-order valence-corrected chi connectivity index (χ1v) is 10.4. The molecule has 2 fully saturated rings. The van der Waals surface area contributed by atoms with E-state index in [2.05, 4.69) is 31.9 Å². The van der Waals surface area contributed by atoms with E-state index in [1.165, 1.54) is 6.08 Å². The minimum Gasteiger partial charge on any atom is -0.369 e. The molecule has 0 aliphatic carbocycles. The van der Waals surface area contributed by atoms with Crippen LogP contribution in [0.1, 0.15) is 6.42 Å². The molecule has 1 amide bonds. The van der Waals surface area contributed by atoms with E-state index in [1.807, 2.05) is 13.2 Å². The summed E-state index contributed by atoms with van der Waals surface area (Å²) in [5.41, 5.74) is 1.00. The van der Waals surface area contributed by atoms with Crippen LogP contribution in [0.2, 0.25) is 5.02 Å². The van der Waals surface area contributed by atoms with E-state index in [9.17, 15) is 4.79 Å². The van der Waals surface area contributed by atoms with Crippen molar-refractivity contribution in [3.63, 3.8) is 0 Å². The summed E-state index contributed by atoms with van der Waals surface area (Å²) in [5, 5.41) is 8.70. The largest absolute Gasteiger partial charge is 0.369 e. The minimum atomic E-state index is -0.437.